The summed E-state index contributed by atoms with van der Waals surface area (Å²) in [6, 6.07) is 149. The number of imidazole rings is 1. The van der Waals surface area contributed by atoms with Gasteiger partial charge >= 0.3 is 0 Å². The highest BCUT2D eigenvalue weighted by atomic mass is 32.1. The van der Waals surface area contributed by atoms with Gasteiger partial charge in [0.25, 0.3) is 0 Å². The number of aromatic nitrogens is 9. The van der Waals surface area contributed by atoms with Gasteiger partial charge in [-0.2, -0.15) is 0 Å². The Hall–Kier alpha value is -16.4. The summed E-state index contributed by atoms with van der Waals surface area (Å²) >= 11 is 1.76. The maximum Gasteiger partial charge on any atom is 0.160 e. The molecule has 0 aliphatic carbocycles. The number of fused-ring (bicyclic) bond motifs is 13. The van der Waals surface area contributed by atoms with E-state index in [-0.39, 0.29) is 0 Å². The van der Waals surface area contributed by atoms with Crippen LogP contribution in [0.15, 0.2) is 437 Å². The second kappa shape index (κ2) is 33.2. The van der Waals surface area contributed by atoms with Crippen LogP contribution in [-0.2, 0) is 6.42 Å². The second-order valence-electron chi connectivity index (χ2n) is 31.4. The van der Waals surface area contributed by atoms with Gasteiger partial charge in [0.15, 0.2) is 5.82 Å². The number of para-hydroxylation sites is 2. The average molecular weight is 1630 g/mol. The van der Waals surface area contributed by atoms with Crippen molar-refractivity contribution in [2.45, 2.75) is 13.3 Å². The van der Waals surface area contributed by atoms with E-state index in [1.807, 2.05) is 60.8 Å². The van der Waals surface area contributed by atoms with Crippen LogP contribution in [0.25, 0.3) is 225 Å². The normalized spacial score (nSPS) is 11.4. The van der Waals surface area contributed by atoms with Gasteiger partial charge in [-0.05, 0) is 135 Å². The molecule has 0 saturated carbocycles. The van der Waals surface area contributed by atoms with Crippen LogP contribution in [0.4, 0.5) is 0 Å². The van der Waals surface area contributed by atoms with Crippen molar-refractivity contribution in [3.63, 3.8) is 0 Å². The number of hydrogen-bond acceptors (Lipinski definition) is 9. The van der Waals surface area contributed by atoms with Crippen LogP contribution in [0.2, 0.25) is 0 Å². The number of rotatable bonds is 13. The van der Waals surface area contributed by atoms with E-state index in [4.69, 9.17) is 34.9 Å². The molecular formula is C116H77N9S. The molecular weight excluding hydrogens is 1550 g/mol. The fourth-order valence-electron chi connectivity index (χ4n) is 17.8. The average Bonchev–Trinajstić information content (AvgIpc) is 1.02. The van der Waals surface area contributed by atoms with Crippen LogP contribution < -0.4 is 0 Å². The van der Waals surface area contributed by atoms with Gasteiger partial charge < -0.3 is 0 Å². The summed E-state index contributed by atoms with van der Waals surface area (Å²) in [6.45, 7) is 2.16. The highest BCUT2D eigenvalue weighted by Gasteiger charge is 2.23. The first-order valence-corrected chi connectivity index (χ1v) is 43.4. The maximum atomic E-state index is 5.28. The summed E-state index contributed by atoms with van der Waals surface area (Å²) in [5, 5.41) is 11.6. The molecule has 0 saturated heterocycles. The third-order valence-electron chi connectivity index (χ3n) is 23.8. The molecule has 9 nitrogen and oxygen atoms in total. The Kier molecular flexibility index (Phi) is 20.0. The van der Waals surface area contributed by atoms with Gasteiger partial charge in [-0.15, -0.1) is 11.3 Å². The maximum absolute atomic E-state index is 5.28. The zero-order valence-corrected chi connectivity index (χ0v) is 69.5. The quantitative estimate of drug-likeness (QED) is 0.105. The van der Waals surface area contributed by atoms with Crippen LogP contribution in [0, 0.1) is 0 Å². The molecule has 0 aliphatic rings. The molecule has 592 valence electrons. The lowest BCUT2D eigenvalue weighted by Crippen LogP contribution is -1.99. The minimum atomic E-state index is 0.731. The van der Waals surface area contributed by atoms with Crippen molar-refractivity contribution in [3.8, 4) is 129 Å². The molecule has 24 aromatic rings. The first kappa shape index (κ1) is 75.8. The lowest BCUT2D eigenvalue weighted by Gasteiger charge is -2.15. The molecule has 8 heterocycles. The van der Waals surface area contributed by atoms with Gasteiger partial charge in [0.1, 0.15) is 5.82 Å². The lowest BCUT2D eigenvalue weighted by atomic mass is 9.91. The van der Waals surface area contributed by atoms with Crippen LogP contribution >= 0.6 is 11.3 Å². The van der Waals surface area contributed by atoms with Crippen molar-refractivity contribution in [2.75, 3.05) is 0 Å². The van der Waals surface area contributed by atoms with Crippen LogP contribution in [0.3, 0.4) is 0 Å². The fraction of sp³-hybridized carbons (Fsp3) is 0.0172. The van der Waals surface area contributed by atoms with Crippen LogP contribution in [-0.4, -0.2) is 44.4 Å². The van der Waals surface area contributed by atoms with Crippen LogP contribution in [0.5, 0.6) is 0 Å². The number of pyridine rings is 5. The number of benzene rings is 16. The Morgan fingerprint density at radius 2 is 0.659 bits per heavy atom. The van der Waals surface area contributed by atoms with Crippen molar-refractivity contribution >= 4 is 108 Å². The van der Waals surface area contributed by atoms with Gasteiger partial charge in [-0.1, -0.05) is 347 Å². The number of thiophene rings is 1. The standard InChI is InChI=1S/C41H25N3S.C40H29N3.C35H23N3/c1-4-13-26(14-5-1)30-20-12-21-32-36(30)33-25-29(23-24-34(33)42-37(32)27-15-6-2-7-16-27)38-40-39(31-19-10-11-22-35(31)45-40)44-41(43-38)28-17-8-3-9-18-28;1-2-38-41-36-18-9-10-19-37(36)43(38)31-23-20-27(21-24-31)30-22-25-35-34(26-30)39-32(28-12-5-3-6-13-28)16-11-17-33(39)40(42-35)29-14-7-4-8-15-29;1-3-10-24(11-4-1)28-14-9-15-29-34(28)30-22-26(17-19-31(30)38-35(29)25-12-5-2-6-13-25)27-18-20-33(37-23-27)32-16-7-8-21-36-32/h1-25H;3-26H,2H2,1H3;1-23H. The topological polar surface area (TPSA) is 108 Å². The van der Waals surface area contributed by atoms with E-state index in [2.05, 4.69) is 387 Å². The monoisotopic (exact) mass is 1630 g/mol. The van der Waals surface area contributed by atoms with Gasteiger partial charge in [0.05, 0.1) is 72.0 Å². The molecule has 126 heavy (non-hydrogen) atoms. The SMILES string of the molecule is CCc1nc2ccccc2n1-c1ccc(-c2ccc3nc(-c4ccccc4)c4cccc(-c5ccccc5)c4c3c2)cc1.c1ccc(-c2nc(-c3ccc4nc(-c5ccccc5)c5cccc(-c6ccccc6)c5c4c3)c3sc4ccccc4c3n2)cc1.c1ccc(-c2nc3ccc(-c4ccc(-c5ccccn5)nc4)cc3c3c(-c4ccccc4)cccc23)cc1. The molecule has 0 bridgehead atoms. The van der Waals surface area contributed by atoms with Gasteiger partial charge in [0.2, 0.25) is 0 Å². The molecule has 10 heteroatoms. The van der Waals surface area contributed by atoms with E-state index >= 15 is 0 Å². The number of hydrogen-bond donors (Lipinski definition) is 0. The molecule has 16 aromatic carbocycles. The summed E-state index contributed by atoms with van der Waals surface area (Å²) in [5.41, 5.74) is 30.0. The molecule has 0 unspecified atom stereocenters. The fourth-order valence-corrected chi connectivity index (χ4v) is 19.0. The third kappa shape index (κ3) is 14.3. The Morgan fingerprint density at radius 3 is 1.13 bits per heavy atom. The Bertz CT molecular complexity index is 8180. The van der Waals surface area contributed by atoms with E-state index in [1.54, 1.807) is 17.5 Å². The second-order valence-corrected chi connectivity index (χ2v) is 32.4. The van der Waals surface area contributed by atoms with Gasteiger partial charge in [-0.25, -0.2) is 29.9 Å². The van der Waals surface area contributed by atoms with E-state index in [1.165, 1.54) is 65.4 Å². The summed E-state index contributed by atoms with van der Waals surface area (Å²) in [5.74, 6) is 1.80. The zero-order chi connectivity index (χ0) is 83.8. The molecule has 8 aromatic heterocycles. The largest absolute Gasteiger partial charge is 0.296 e. The zero-order valence-electron chi connectivity index (χ0n) is 68.7. The summed E-state index contributed by atoms with van der Waals surface area (Å²) in [4.78, 5) is 40.0. The van der Waals surface area contributed by atoms with E-state index < -0.39 is 0 Å². The first-order valence-electron chi connectivity index (χ1n) is 42.6. The number of aryl methyl sites for hydroxylation is 1. The summed E-state index contributed by atoms with van der Waals surface area (Å²) < 4.78 is 4.57. The van der Waals surface area contributed by atoms with Crippen molar-refractivity contribution in [1.82, 2.24) is 44.4 Å². The van der Waals surface area contributed by atoms with Crippen LogP contribution in [0.1, 0.15) is 12.7 Å². The van der Waals surface area contributed by atoms with Crippen molar-refractivity contribution in [2.24, 2.45) is 0 Å². The first-order chi connectivity index (χ1) is 62.4. The molecule has 0 fully saturated rings. The minimum Gasteiger partial charge on any atom is -0.296 e. The van der Waals surface area contributed by atoms with E-state index in [0.29, 0.717) is 0 Å². The molecule has 0 N–H and O–H groups in total. The lowest BCUT2D eigenvalue weighted by molar-refractivity contribution is 0.908. The molecule has 0 aliphatic heterocycles. The Labute approximate surface area is 732 Å². The van der Waals surface area contributed by atoms with Gasteiger partial charge in [-0.3, -0.25) is 14.5 Å². The predicted octanol–water partition coefficient (Wildman–Crippen LogP) is 30.4. The molecule has 0 amide bonds. The Morgan fingerprint density at radius 1 is 0.254 bits per heavy atom. The highest BCUT2D eigenvalue weighted by Crippen LogP contribution is 2.47. The third-order valence-corrected chi connectivity index (χ3v) is 25.0. The van der Waals surface area contributed by atoms with Crippen molar-refractivity contribution < 1.29 is 0 Å². The molecule has 0 atom stereocenters. The van der Waals surface area contributed by atoms with Crippen molar-refractivity contribution in [3.05, 3.63) is 443 Å². The Balaban J connectivity index is 0.000000112. The van der Waals surface area contributed by atoms with Gasteiger partial charge in [0, 0.05) is 116 Å². The molecule has 0 radical (unpaired) electrons. The minimum absolute atomic E-state index is 0.731. The molecule has 0 spiro atoms. The summed E-state index contributed by atoms with van der Waals surface area (Å²) in [6.07, 6.45) is 4.59. The van der Waals surface area contributed by atoms with E-state index in [9.17, 15) is 0 Å². The predicted molar refractivity (Wildman–Crippen MR) is 526 cm³/mol. The summed E-state index contributed by atoms with van der Waals surface area (Å²) in [7, 11) is 0. The highest BCUT2D eigenvalue weighted by molar-refractivity contribution is 7.26. The smallest absolute Gasteiger partial charge is 0.160 e. The number of nitrogens with zero attached hydrogens (tertiary/aromatic N) is 9. The molecule has 24 rings (SSSR count). The van der Waals surface area contributed by atoms with E-state index in [0.717, 1.165) is 172 Å². The van der Waals surface area contributed by atoms with Crippen molar-refractivity contribution in [1.29, 1.82) is 0 Å².